The predicted octanol–water partition coefficient (Wildman–Crippen LogP) is 4.18. The number of amides is 1. The van der Waals surface area contributed by atoms with Crippen molar-refractivity contribution < 1.29 is 18.7 Å². The molecule has 0 unspecified atom stereocenters. The Morgan fingerprint density at radius 2 is 1.65 bits per heavy atom. The van der Waals surface area contributed by atoms with Crippen molar-refractivity contribution in [2.45, 2.75) is 12.6 Å². The van der Waals surface area contributed by atoms with E-state index in [2.05, 4.69) is 5.32 Å². The average molecular weight is 423 g/mol. The fourth-order valence-corrected chi connectivity index (χ4v) is 3.43. The molecule has 162 valence electrons. The highest BCUT2D eigenvalue weighted by atomic mass is 19.1. The molecule has 5 nitrogen and oxygen atoms in total. The Hall–Kier alpha value is -3.38. The molecule has 6 heteroatoms. The van der Waals surface area contributed by atoms with E-state index in [0.29, 0.717) is 6.54 Å². The van der Waals surface area contributed by atoms with Gasteiger partial charge in [-0.25, -0.2) is 4.39 Å². The van der Waals surface area contributed by atoms with Crippen LogP contribution in [0.4, 0.5) is 4.39 Å². The maximum atomic E-state index is 13.9. The molecule has 0 aromatic heterocycles. The van der Waals surface area contributed by atoms with Gasteiger partial charge in [-0.3, -0.25) is 9.69 Å². The van der Waals surface area contributed by atoms with Crippen LogP contribution in [0.1, 0.15) is 22.7 Å². The SMILES string of the molecule is COc1ccc([C@H](NC(=O)CN(C)Cc2ccc(OC)c(F)c2)c2ccccc2)cc1. The van der Waals surface area contributed by atoms with E-state index in [9.17, 15) is 9.18 Å². The molecule has 0 bridgehead atoms. The molecule has 0 radical (unpaired) electrons. The Morgan fingerprint density at radius 3 is 2.26 bits per heavy atom. The van der Waals surface area contributed by atoms with Crippen molar-refractivity contribution >= 4 is 5.91 Å². The molecule has 0 saturated carbocycles. The van der Waals surface area contributed by atoms with Crippen molar-refractivity contribution in [1.82, 2.24) is 10.2 Å². The van der Waals surface area contributed by atoms with Gasteiger partial charge in [-0.05, 0) is 48.0 Å². The fraction of sp³-hybridized carbons (Fsp3) is 0.240. The largest absolute Gasteiger partial charge is 0.497 e. The monoisotopic (exact) mass is 422 g/mol. The maximum absolute atomic E-state index is 13.9. The average Bonchev–Trinajstić information content (AvgIpc) is 2.78. The van der Waals surface area contributed by atoms with E-state index >= 15 is 0 Å². The molecule has 0 aliphatic carbocycles. The summed E-state index contributed by atoms with van der Waals surface area (Å²) in [7, 11) is 4.88. The summed E-state index contributed by atoms with van der Waals surface area (Å²) in [5, 5.41) is 3.12. The van der Waals surface area contributed by atoms with E-state index in [1.807, 2.05) is 66.5 Å². The molecule has 1 atom stereocenters. The van der Waals surface area contributed by atoms with Crippen LogP contribution in [-0.4, -0.2) is 38.6 Å². The van der Waals surface area contributed by atoms with Crippen LogP contribution in [0.2, 0.25) is 0 Å². The number of benzene rings is 3. The van der Waals surface area contributed by atoms with Crippen LogP contribution in [0.25, 0.3) is 0 Å². The van der Waals surface area contributed by atoms with Crippen LogP contribution >= 0.6 is 0 Å². The van der Waals surface area contributed by atoms with E-state index in [1.165, 1.54) is 13.2 Å². The Labute approximate surface area is 182 Å². The molecule has 3 aromatic rings. The molecule has 0 spiro atoms. The minimum absolute atomic E-state index is 0.124. The summed E-state index contributed by atoms with van der Waals surface area (Å²) in [6.07, 6.45) is 0. The molecule has 0 saturated heterocycles. The highest BCUT2D eigenvalue weighted by molar-refractivity contribution is 5.79. The highest BCUT2D eigenvalue weighted by Gasteiger charge is 2.18. The van der Waals surface area contributed by atoms with Crippen LogP contribution in [-0.2, 0) is 11.3 Å². The van der Waals surface area contributed by atoms with Crippen molar-refractivity contribution in [3.05, 3.63) is 95.3 Å². The molecular formula is C25H27FN2O3. The van der Waals surface area contributed by atoms with Crippen molar-refractivity contribution in [3.63, 3.8) is 0 Å². The molecule has 0 fully saturated rings. The molecule has 3 aromatic carbocycles. The van der Waals surface area contributed by atoms with Crippen LogP contribution < -0.4 is 14.8 Å². The number of ether oxygens (including phenoxy) is 2. The van der Waals surface area contributed by atoms with E-state index in [-0.39, 0.29) is 24.2 Å². The quantitative estimate of drug-likeness (QED) is 0.562. The van der Waals surface area contributed by atoms with Crippen molar-refractivity contribution in [1.29, 1.82) is 0 Å². The number of carbonyl (C=O) groups excluding carboxylic acids is 1. The first-order valence-electron chi connectivity index (χ1n) is 9.99. The number of nitrogens with zero attached hydrogens (tertiary/aromatic N) is 1. The normalized spacial score (nSPS) is 11.8. The van der Waals surface area contributed by atoms with Gasteiger partial charge in [-0.1, -0.05) is 48.5 Å². The van der Waals surface area contributed by atoms with Gasteiger partial charge in [0.15, 0.2) is 11.6 Å². The first-order valence-corrected chi connectivity index (χ1v) is 9.99. The third-order valence-electron chi connectivity index (χ3n) is 4.97. The summed E-state index contributed by atoms with van der Waals surface area (Å²) < 4.78 is 24.1. The summed E-state index contributed by atoms with van der Waals surface area (Å²) >= 11 is 0. The number of rotatable bonds is 9. The van der Waals surface area contributed by atoms with Crippen LogP contribution in [0.15, 0.2) is 72.8 Å². The Kier molecular flexibility index (Phi) is 7.62. The molecular weight excluding hydrogens is 395 g/mol. The zero-order chi connectivity index (χ0) is 22.2. The second kappa shape index (κ2) is 10.6. The van der Waals surface area contributed by atoms with Crippen LogP contribution in [0, 0.1) is 5.82 Å². The Bertz CT molecular complexity index is 993. The van der Waals surface area contributed by atoms with Gasteiger partial charge in [0.2, 0.25) is 5.91 Å². The van der Waals surface area contributed by atoms with Gasteiger partial charge in [0.05, 0.1) is 26.8 Å². The number of hydrogen-bond donors (Lipinski definition) is 1. The van der Waals surface area contributed by atoms with Gasteiger partial charge < -0.3 is 14.8 Å². The van der Waals surface area contributed by atoms with Crippen molar-refractivity contribution in [2.24, 2.45) is 0 Å². The van der Waals surface area contributed by atoms with Gasteiger partial charge in [-0.2, -0.15) is 0 Å². The fourth-order valence-electron chi connectivity index (χ4n) is 3.43. The first kappa shape index (κ1) is 22.3. The molecule has 1 N–H and O–H groups in total. The number of methoxy groups -OCH3 is 2. The Morgan fingerprint density at radius 1 is 0.968 bits per heavy atom. The lowest BCUT2D eigenvalue weighted by molar-refractivity contribution is -0.122. The molecule has 1 amide bonds. The lowest BCUT2D eigenvalue weighted by Crippen LogP contribution is -2.37. The zero-order valence-electron chi connectivity index (χ0n) is 18.0. The van der Waals surface area contributed by atoms with Gasteiger partial charge in [0, 0.05) is 6.54 Å². The van der Waals surface area contributed by atoms with E-state index in [4.69, 9.17) is 9.47 Å². The standard InChI is InChI=1S/C25H27FN2O3/c1-28(16-18-9-14-23(31-3)22(26)15-18)17-24(29)27-25(19-7-5-4-6-8-19)20-10-12-21(30-2)13-11-20/h4-15,25H,16-17H2,1-3H3,(H,27,29)/t25-/m1/s1. The topological polar surface area (TPSA) is 50.8 Å². The minimum Gasteiger partial charge on any atom is -0.497 e. The van der Waals surface area contributed by atoms with Crippen molar-refractivity contribution in [3.8, 4) is 11.5 Å². The van der Waals surface area contributed by atoms with E-state index in [1.54, 1.807) is 19.2 Å². The van der Waals surface area contributed by atoms with Gasteiger partial charge in [0.1, 0.15) is 5.75 Å². The summed E-state index contributed by atoms with van der Waals surface area (Å²) in [5.74, 6) is 0.422. The van der Waals surface area contributed by atoms with Gasteiger partial charge in [0.25, 0.3) is 0 Å². The maximum Gasteiger partial charge on any atom is 0.234 e. The molecule has 0 heterocycles. The Balaban J connectivity index is 1.69. The van der Waals surface area contributed by atoms with Crippen LogP contribution in [0.3, 0.4) is 0 Å². The summed E-state index contributed by atoms with van der Waals surface area (Å²) in [6.45, 7) is 0.611. The molecule has 0 aliphatic heterocycles. The highest BCUT2D eigenvalue weighted by Crippen LogP contribution is 2.24. The summed E-state index contributed by atoms with van der Waals surface area (Å²) in [4.78, 5) is 14.7. The lowest BCUT2D eigenvalue weighted by Gasteiger charge is -2.22. The predicted molar refractivity (Wildman–Crippen MR) is 119 cm³/mol. The van der Waals surface area contributed by atoms with Crippen LogP contribution in [0.5, 0.6) is 11.5 Å². The van der Waals surface area contributed by atoms with Gasteiger partial charge in [-0.15, -0.1) is 0 Å². The van der Waals surface area contributed by atoms with Crippen molar-refractivity contribution in [2.75, 3.05) is 27.8 Å². The number of nitrogens with one attached hydrogen (secondary N) is 1. The van der Waals surface area contributed by atoms with E-state index < -0.39 is 5.82 Å². The number of likely N-dealkylation sites (N-methyl/N-ethyl adjacent to an activating group) is 1. The summed E-state index contributed by atoms with van der Waals surface area (Å²) in [5.41, 5.74) is 2.71. The third kappa shape index (κ3) is 6.06. The number of halogens is 1. The first-order chi connectivity index (χ1) is 15.0. The second-order valence-electron chi connectivity index (χ2n) is 7.33. The molecule has 31 heavy (non-hydrogen) atoms. The second-order valence-corrected chi connectivity index (χ2v) is 7.33. The third-order valence-corrected chi connectivity index (χ3v) is 4.97. The smallest absolute Gasteiger partial charge is 0.234 e. The van der Waals surface area contributed by atoms with E-state index in [0.717, 1.165) is 22.4 Å². The number of hydrogen-bond acceptors (Lipinski definition) is 4. The zero-order valence-corrected chi connectivity index (χ0v) is 18.0. The lowest BCUT2D eigenvalue weighted by atomic mass is 9.98. The minimum atomic E-state index is -0.415. The molecule has 0 aliphatic rings. The molecule has 3 rings (SSSR count). The van der Waals surface area contributed by atoms with Gasteiger partial charge >= 0.3 is 0 Å². The number of carbonyl (C=O) groups is 1. The summed E-state index contributed by atoms with van der Waals surface area (Å²) in [6, 6.07) is 22.0.